The van der Waals surface area contributed by atoms with Crippen LogP contribution in [0.3, 0.4) is 0 Å². The third kappa shape index (κ3) is 8.52. The maximum Gasteiger partial charge on any atom is 0.326 e. The fraction of sp³-hybridized carbons (Fsp3) is 0.321. The molecule has 0 aliphatic heterocycles. The molecule has 0 radical (unpaired) electrons. The van der Waals surface area contributed by atoms with Crippen LogP contribution in [0.5, 0.6) is 5.75 Å². The lowest BCUT2D eigenvalue weighted by atomic mass is 10.0. The van der Waals surface area contributed by atoms with E-state index in [-0.39, 0.29) is 18.6 Å². The van der Waals surface area contributed by atoms with Crippen molar-refractivity contribution in [3.63, 3.8) is 0 Å². The molecule has 42 heavy (non-hydrogen) atoms. The lowest BCUT2D eigenvalue weighted by Gasteiger charge is -2.25. The monoisotopic (exact) mass is 583 g/mol. The van der Waals surface area contributed by atoms with Gasteiger partial charge < -0.3 is 47.1 Å². The van der Waals surface area contributed by atoms with Crippen LogP contribution in [0.4, 0.5) is 0 Å². The van der Waals surface area contributed by atoms with E-state index in [0.29, 0.717) is 11.1 Å². The van der Waals surface area contributed by atoms with Crippen molar-refractivity contribution in [2.24, 2.45) is 5.73 Å². The first-order chi connectivity index (χ1) is 19.8. The lowest BCUT2D eigenvalue weighted by molar-refractivity contribution is -0.147. The number of fused-ring (bicyclic) bond motifs is 1. The Morgan fingerprint density at radius 1 is 0.833 bits per heavy atom. The number of rotatable bonds is 14. The molecule has 0 bridgehead atoms. The number of benzene rings is 2. The highest BCUT2D eigenvalue weighted by molar-refractivity contribution is 5.95. The molecule has 14 heteroatoms. The number of carbonyl (C=O) groups is 5. The van der Waals surface area contributed by atoms with Crippen LogP contribution in [0.2, 0.25) is 0 Å². The van der Waals surface area contributed by atoms with Gasteiger partial charge in [0, 0.05) is 29.9 Å². The van der Waals surface area contributed by atoms with Gasteiger partial charge in [0.15, 0.2) is 0 Å². The number of aromatic nitrogens is 1. The second kappa shape index (κ2) is 14.1. The average Bonchev–Trinajstić information content (AvgIpc) is 3.34. The number of aromatic hydroxyl groups is 1. The predicted molar refractivity (Wildman–Crippen MR) is 149 cm³/mol. The van der Waals surface area contributed by atoms with E-state index in [1.165, 1.54) is 31.2 Å². The van der Waals surface area contributed by atoms with E-state index in [0.717, 1.165) is 10.9 Å². The number of nitrogens with two attached hydrogens (primary N) is 1. The van der Waals surface area contributed by atoms with Crippen molar-refractivity contribution in [2.45, 2.75) is 56.5 Å². The van der Waals surface area contributed by atoms with Gasteiger partial charge >= 0.3 is 11.9 Å². The summed E-state index contributed by atoms with van der Waals surface area (Å²) in [5.74, 6) is -5.69. The molecule has 0 fully saturated rings. The molecule has 0 saturated heterocycles. The quantitative estimate of drug-likeness (QED) is 0.116. The normalized spacial score (nSPS) is 14.6. The molecule has 0 saturated carbocycles. The Bertz CT molecular complexity index is 1440. The Morgan fingerprint density at radius 2 is 1.40 bits per heavy atom. The van der Waals surface area contributed by atoms with Gasteiger partial charge in [-0.2, -0.15) is 0 Å². The molecule has 1 heterocycles. The summed E-state index contributed by atoms with van der Waals surface area (Å²) in [6.07, 6.45) is -0.715. The van der Waals surface area contributed by atoms with E-state index in [1.54, 1.807) is 30.5 Å². The number of carbonyl (C=O) groups excluding carboxylic acids is 3. The predicted octanol–water partition coefficient (Wildman–Crippen LogP) is -0.619. The minimum absolute atomic E-state index is 0.0234. The third-order valence-electron chi connectivity index (χ3n) is 6.56. The Hall–Kier alpha value is -4.95. The second-order valence-electron chi connectivity index (χ2n) is 9.82. The first-order valence-corrected chi connectivity index (χ1v) is 13.0. The molecule has 224 valence electrons. The van der Waals surface area contributed by atoms with Crippen LogP contribution in [0.1, 0.15) is 24.5 Å². The summed E-state index contributed by atoms with van der Waals surface area (Å²) in [5.41, 5.74) is 7.62. The highest BCUT2D eigenvalue weighted by atomic mass is 16.4. The molecule has 5 atom stereocenters. The van der Waals surface area contributed by atoms with Crippen molar-refractivity contribution in [3.05, 3.63) is 65.9 Å². The number of amides is 3. The van der Waals surface area contributed by atoms with E-state index in [4.69, 9.17) is 10.8 Å². The van der Waals surface area contributed by atoms with E-state index >= 15 is 0 Å². The number of carboxylic acid groups (broad SMARTS) is 2. The number of aliphatic hydroxyl groups excluding tert-OH is 1. The van der Waals surface area contributed by atoms with Crippen LogP contribution in [0.25, 0.3) is 10.9 Å². The lowest BCUT2D eigenvalue weighted by Crippen LogP contribution is -2.59. The topological polar surface area (TPSA) is 244 Å². The Labute approximate surface area is 239 Å². The number of carboxylic acids is 2. The number of phenols is 1. The van der Waals surface area contributed by atoms with Gasteiger partial charge in [-0.05, 0) is 36.2 Å². The summed E-state index contributed by atoms with van der Waals surface area (Å²) >= 11 is 0. The highest BCUT2D eigenvalue weighted by Gasteiger charge is 2.32. The van der Waals surface area contributed by atoms with Crippen LogP contribution < -0.4 is 21.7 Å². The minimum Gasteiger partial charge on any atom is -0.508 e. The van der Waals surface area contributed by atoms with E-state index < -0.39 is 66.4 Å². The highest BCUT2D eigenvalue weighted by Crippen LogP contribution is 2.20. The number of para-hydroxylation sites is 1. The van der Waals surface area contributed by atoms with E-state index in [9.17, 15) is 39.3 Å². The summed E-state index contributed by atoms with van der Waals surface area (Å²) < 4.78 is 0. The largest absolute Gasteiger partial charge is 0.508 e. The van der Waals surface area contributed by atoms with Gasteiger partial charge in [0.2, 0.25) is 17.7 Å². The third-order valence-corrected chi connectivity index (χ3v) is 6.56. The molecule has 2 aromatic carbocycles. The van der Waals surface area contributed by atoms with Crippen molar-refractivity contribution < 1.29 is 44.4 Å². The average molecular weight is 584 g/mol. The summed E-state index contributed by atoms with van der Waals surface area (Å²) in [5, 5.41) is 45.8. The fourth-order valence-corrected chi connectivity index (χ4v) is 4.21. The van der Waals surface area contributed by atoms with Crippen molar-refractivity contribution in [1.29, 1.82) is 0 Å². The molecule has 3 rings (SSSR count). The zero-order chi connectivity index (χ0) is 31.0. The SMILES string of the molecule is CC(O)C(N)C(=O)NC(Cc1ccc(O)cc1)C(=O)NC(Cc1c[nH]c2ccccc12)C(=O)NC(CC(=O)O)C(=O)O. The molecule has 0 aliphatic carbocycles. The standard InChI is InChI=1S/C28H33N5O9/c1-14(34)24(29)27(40)32-20(10-15-6-8-17(35)9-7-15)25(38)31-21(26(39)33-22(28(41)42)12-23(36)37)11-16-13-30-19-5-3-2-4-18(16)19/h2-9,13-14,20-22,24,30,34-35H,10-12,29H2,1H3,(H,31,38)(H,32,40)(H,33,39)(H,36,37)(H,41,42). The van der Waals surface area contributed by atoms with Crippen molar-refractivity contribution in [3.8, 4) is 5.75 Å². The van der Waals surface area contributed by atoms with Gasteiger partial charge in [0.25, 0.3) is 0 Å². The van der Waals surface area contributed by atoms with Crippen LogP contribution in [0, 0.1) is 0 Å². The molecule has 5 unspecified atom stereocenters. The molecule has 0 spiro atoms. The number of aliphatic hydroxyl groups is 1. The van der Waals surface area contributed by atoms with Gasteiger partial charge in [-0.1, -0.05) is 30.3 Å². The van der Waals surface area contributed by atoms with E-state index in [2.05, 4.69) is 20.9 Å². The molecular formula is C28H33N5O9. The summed E-state index contributed by atoms with van der Waals surface area (Å²) in [6, 6.07) is 7.14. The minimum atomic E-state index is -1.77. The van der Waals surface area contributed by atoms with Crippen LogP contribution >= 0.6 is 0 Å². The zero-order valence-corrected chi connectivity index (χ0v) is 22.6. The second-order valence-corrected chi connectivity index (χ2v) is 9.82. The van der Waals surface area contributed by atoms with Gasteiger partial charge in [-0.15, -0.1) is 0 Å². The van der Waals surface area contributed by atoms with Crippen molar-refractivity contribution >= 4 is 40.6 Å². The fourth-order valence-electron chi connectivity index (χ4n) is 4.21. The van der Waals surface area contributed by atoms with Gasteiger partial charge in [-0.25, -0.2) is 4.79 Å². The number of H-pyrrole nitrogens is 1. The Kier molecular flexibility index (Phi) is 10.6. The smallest absolute Gasteiger partial charge is 0.326 e. The van der Waals surface area contributed by atoms with Crippen LogP contribution in [-0.2, 0) is 36.8 Å². The summed E-state index contributed by atoms with van der Waals surface area (Å²) in [7, 11) is 0. The molecule has 0 aliphatic rings. The van der Waals surface area contributed by atoms with Crippen LogP contribution in [0.15, 0.2) is 54.7 Å². The molecule has 14 nitrogen and oxygen atoms in total. The number of hydrogen-bond acceptors (Lipinski definition) is 8. The first-order valence-electron chi connectivity index (χ1n) is 13.0. The molecule has 3 amide bonds. The van der Waals surface area contributed by atoms with Crippen molar-refractivity contribution in [1.82, 2.24) is 20.9 Å². The number of aliphatic carboxylic acids is 2. The van der Waals surface area contributed by atoms with E-state index in [1.807, 2.05) is 0 Å². The molecule has 10 N–H and O–H groups in total. The Morgan fingerprint density at radius 3 is 2.00 bits per heavy atom. The Balaban J connectivity index is 1.92. The van der Waals surface area contributed by atoms with Crippen LogP contribution in [-0.4, -0.2) is 85.3 Å². The van der Waals surface area contributed by atoms with Gasteiger partial charge in [-0.3, -0.25) is 19.2 Å². The number of hydrogen-bond donors (Lipinski definition) is 9. The number of phenolic OH excluding ortho intramolecular Hbond substituents is 1. The molecular weight excluding hydrogens is 550 g/mol. The maximum atomic E-state index is 13.6. The molecule has 3 aromatic rings. The summed E-state index contributed by atoms with van der Waals surface area (Å²) in [4.78, 5) is 65.4. The molecule has 1 aromatic heterocycles. The summed E-state index contributed by atoms with van der Waals surface area (Å²) in [6.45, 7) is 1.30. The number of aromatic amines is 1. The maximum absolute atomic E-state index is 13.6. The zero-order valence-electron chi connectivity index (χ0n) is 22.6. The van der Waals surface area contributed by atoms with Crippen molar-refractivity contribution in [2.75, 3.05) is 0 Å². The first kappa shape index (κ1) is 31.6. The van der Waals surface area contributed by atoms with Gasteiger partial charge in [0.1, 0.15) is 29.9 Å². The van der Waals surface area contributed by atoms with Gasteiger partial charge in [0.05, 0.1) is 12.5 Å². The number of nitrogens with one attached hydrogen (secondary N) is 4.